The van der Waals surface area contributed by atoms with Crippen molar-refractivity contribution < 1.29 is 16.8 Å². The largest absolute Gasteiger partial charge is 0.329 e. The molecule has 162 valence electrons. The quantitative estimate of drug-likeness (QED) is 0.445. The van der Waals surface area contributed by atoms with Crippen LogP contribution in [0.1, 0.15) is 5.56 Å². The normalized spacial score (nSPS) is 14.3. The van der Waals surface area contributed by atoms with Crippen LogP contribution in [0.2, 0.25) is 0 Å². The van der Waals surface area contributed by atoms with Crippen LogP contribution in [-0.4, -0.2) is 51.8 Å². The molecule has 5 N–H and O–H groups in total. The third-order valence-electron chi connectivity index (χ3n) is 4.51. The zero-order chi connectivity index (χ0) is 22.2. The van der Waals surface area contributed by atoms with Crippen molar-refractivity contribution in [2.75, 3.05) is 19.8 Å². The molecule has 0 unspecified atom stereocenters. The first kappa shape index (κ1) is 21.2. The lowest BCUT2D eigenvalue weighted by atomic mass is 9.99. The molecule has 0 bridgehead atoms. The fourth-order valence-electron chi connectivity index (χ4n) is 3.29. The number of hydrogen-bond acceptors (Lipinski definition) is 9. The summed E-state index contributed by atoms with van der Waals surface area (Å²) in [6, 6.07) is 6.12. The first-order chi connectivity index (χ1) is 14.7. The summed E-state index contributed by atoms with van der Waals surface area (Å²) in [5.74, 6) is -0.0385. The van der Waals surface area contributed by atoms with E-state index in [0.717, 1.165) is 0 Å². The summed E-state index contributed by atoms with van der Waals surface area (Å²) in [6.07, 6.45) is 5.08. The molecule has 4 rings (SSSR count). The number of fused-ring (bicyclic) bond motifs is 1. The van der Waals surface area contributed by atoms with Crippen molar-refractivity contribution in [2.45, 2.75) is 9.79 Å². The highest BCUT2D eigenvalue weighted by atomic mass is 32.2. The van der Waals surface area contributed by atoms with E-state index in [1.54, 1.807) is 35.1 Å². The average Bonchev–Trinajstić information content (AvgIpc) is 3.42. The molecule has 3 heterocycles. The summed E-state index contributed by atoms with van der Waals surface area (Å²) in [7, 11) is -8.80. The SMILES string of the molecule is NCCNS(=O)(=O)c1ccc(-c2cccn3ccnc23)c(C2=NCN=N2)c1S(N)(=O)=O. The van der Waals surface area contributed by atoms with Crippen molar-refractivity contribution in [2.24, 2.45) is 26.1 Å². The Labute approximate surface area is 177 Å². The van der Waals surface area contributed by atoms with Crippen molar-refractivity contribution in [3.8, 4) is 11.1 Å². The highest BCUT2D eigenvalue weighted by molar-refractivity contribution is 7.92. The van der Waals surface area contributed by atoms with E-state index in [1.165, 1.54) is 12.1 Å². The van der Waals surface area contributed by atoms with Gasteiger partial charge in [0.05, 0.1) is 5.56 Å². The van der Waals surface area contributed by atoms with Crippen LogP contribution >= 0.6 is 0 Å². The third kappa shape index (κ3) is 3.86. The highest BCUT2D eigenvalue weighted by Gasteiger charge is 2.32. The lowest BCUT2D eigenvalue weighted by Gasteiger charge is -2.17. The van der Waals surface area contributed by atoms with Crippen LogP contribution in [0.5, 0.6) is 0 Å². The number of sulfonamides is 2. The van der Waals surface area contributed by atoms with Gasteiger partial charge in [-0.15, -0.1) is 5.11 Å². The van der Waals surface area contributed by atoms with E-state index in [1.807, 2.05) is 0 Å². The summed E-state index contributed by atoms with van der Waals surface area (Å²) in [6.45, 7) is -0.0794. The van der Waals surface area contributed by atoms with E-state index < -0.39 is 29.8 Å². The predicted octanol–water partition coefficient (Wildman–Crippen LogP) is 0.0556. The van der Waals surface area contributed by atoms with E-state index in [2.05, 4.69) is 24.9 Å². The molecule has 0 atom stereocenters. The number of imidazole rings is 1. The standard InChI is InChI=1S/C17H18N8O4S2/c18-5-6-23-31(28,29)13-4-3-11(12-2-1-8-25-9-7-20-17(12)25)14(15(13)30(19,26)27)16-21-10-22-24-16/h1-4,7-9,23H,5-6,10,18H2,(H2,19,26,27). The second kappa shape index (κ2) is 7.90. The number of nitrogens with one attached hydrogen (secondary N) is 1. The van der Waals surface area contributed by atoms with Gasteiger partial charge < -0.3 is 10.1 Å². The van der Waals surface area contributed by atoms with Crippen molar-refractivity contribution in [3.05, 3.63) is 48.4 Å². The number of amidine groups is 1. The van der Waals surface area contributed by atoms with Gasteiger partial charge in [0, 0.05) is 37.2 Å². The second-order valence-corrected chi connectivity index (χ2v) is 9.73. The van der Waals surface area contributed by atoms with Crippen LogP contribution in [0.25, 0.3) is 16.8 Å². The highest BCUT2D eigenvalue weighted by Crippen LogP contribution is 2.36. The zero-order valence-corrected chi connectivity index (χ0v) is 17.6. The fourth-order valence-corrected chi connectivity index (χ4v) is 5.94. The second-order valence-electron chi connectivity index (χ2n) is 6.49. The molecule has 2 aromatic heterocycles. The van der Waals surface area contributed by atoms with E-state index in [9.17, 15) is 16.8 Å². The summed E-state index contributed by atoms with van der Waals surface area (Å²) >= 11 is 0. The smallest absolute Gasteiger partial charge is 0.241 e. The van der Waals surface area contributed by atoms with Crippen LogP contribution in [0.15, 0.2) is 67.9 Å². The van der Waals surface area contributed by atoms with Gasteiger partial charge in [-0.1, -0.05) is 6.07 Å². The van der Waals surface area contributed by atoms with Crippen LogP contribution in [0.4, 0.5) is 0 Å². The first-order valence-electron chi connectivity index (χ1n) is 8.98. The molecule has 14 heteroatoms. The molecule has 0 saturated heterocycles. The number of benzene rings is 1. The van der Waals surface area contributed by atoms with Gasteiger partial charge in [0.15, 0.2) is 12.5 Å². The van der Waals surface area contributed by atoms with Crippen molar-refractivity contribution in [1.29, 1.82) is 0 Å². The first-order valence-corrected chi connectivity index (χ1v) is 12.0. The minimum atomic E-state index is -4.54. The fraction of sp³-hybridized carbons (Fsp3) is 0.176. The number of aliphatic imine (C=N–C) groups is 1. The maximum Gasteiger partial charge on any atom is 0.241 e. The van der Waals surface area contributed by atoms with Gasteiger partial charge in [-0.3, -0.25) is 0 Å². The number of hydrogen-bond donors (Lipinski definition) is 3. The predicted molar refractivity (Wildman–Crippen MR) is 113 cm³/mol. The summed E-state index contributed by atoms with van der Waals surface area (Å²) in [4.78, 5) is 7.28. The minimum Gasteiger partial charge on any atom is -0.329 e. The molecule has 0 aliphatic carbocycles. The van der Waals surface area contributed by atoms with Crippen LogP contribution in [0, 0.1) is 0 Å². The molecule has 1 aliphatic rings. The van der Waals surface area contributed by atoms with Crippen molar-refractivity contribution >= 4 is 31.5 Å². The molecule has 0 spiro atoms. The molecule has 3 aromatic rings. The number of pyridine rings is 1. The lowest BCUT2D eigenvalue weighted by molar-refractivity contribution is 0.573. The van der Waals surface area contributed by atoms with Gasteiger partial charge in [0.2, 0.25) is 20.0 Å². The van der Waals surface area contributed by atoms with Crippen LogP contribution in [0.3, 0.4) is 0 Å². The molecule has 0 radical (unpaired) electrons. The molecule has 0 saturated carbocycles. The van der Waals surface area contributed by atoms with E-state index in [0.29, 0.717) is 16.8 Å². The number of nitrogens with zero attached hydrogens (tertiary/aromatic N) is 5. The maximum absolute atomic E-state index is 12.8. The number of rotatable bonds is 7. The number of nitrogens with two attached hydrogens (primary N) is 2. The molecule has 0 amide bonds. The van der Waals surface area contributed by atoms with Gasteiger partial charge in [-0.05, 0) is 23.8 Å². The Morgan fingerprint density at radius 2 is 1.90 bits per heavy atom. The Kier molecular flexibility index (Phi) is 5.40. The van der Waals surface area contributed by atoms with Crippen LogP contribution < -0.4 is 15.6 Å². The molecule has 31 heavy (non-hydrogen) atoms. The number of primary sulfonamides is 1. The summed E-state index contributed by atoms with van der Waals surface area (Å²) in [5, 5.41) is 13.2. The Hall–Kier alpha value is -3.04. The molecule has 1 aliphatic heterocycles. The molecule has 0 fully saturated rings. The van der Waals surface area contributed by atoms with Gasteiger partial charge in [-0.25, -0.2) is 36.7 Å². The summed E-state index contributed by atoms with van der Waals surface area (Å²) in [5.41, 5.74) is 6.73. The van der Waals surface area contributed by atoms with Crippen molar-refractivity contribution in [1.82, 2.24) is 14.1 Å². The third-order valence-corrected chi connectivity index (χ3v) is 7.14. The van der Waals surface area contributed by atoms with E-state index in [-0.39, 0.29) is 31.2 Å². The molecule has 12 nitrogen and oxygen atoms in total. The van der Waals surface area contributed by atoms with Gasteiger partial charge in [-0.2, -0.15) is 5.11 Å². The van der Waals surface area contributed by atoms with E-state index in [4.69, 9.17) is 10.9 Å². The number of azo groups is 1. The maximum atomic E-state index is 12.8. The number of aromatic nitrogens is 2. The van der Waals surface area contributed by atoms with Gasteiger partial charge in [0.25, 0.3) is 0 Å². The minimum absolute atomic E-state index is 0.0190. The summed E-state index contributed by atoms with van der Waals surface area (Å²) < 4.78 is 55.0. The Morgan fingerprint density at radius 1 is 1.10 bits per heavy atom. The topological polar surface area (TPSA) is 187 Å². The van der Waals surface area contributed by atoms with Crippen molar-refractivity contribution in [3.63, 3.8) is 0 Å². The van der Waals surface area contributed by atoms with E-state index >= 15 is 0 Å². The lowest BCUT2D eigenvalue weighted by Crippen LogP contribution is -2.31. The Balaban J connectivity index is 2.11. The Bertz CT molecular complexity index is 1440. The molecule has 1 aromatic carbocycles. The van der Waals surface area contributed by atoms with Gasteiger partial charge in [0.1, 0.15) is 15.4 Å². The molecular formula is C17H18N8O4S2. The monoisotopic (exact) mass is 462 g/mol. The zero-order valence-electron chi connectivity index (χ0n) is 16.0. The van der Waals surface area contributed by atoms with Gasteiger partial charge >= 0.3 is 0 Å². The van der Waals surface area contributed by atoms with Crippen LogP contribution in [-0.2, 0) is 20.0 Å². The Morgan fingerprint density at radius 3 is 2.58 bits per heavy atom. The molecular weight excluding hydrogens is 444 g/mol. The average molecular weight is 463 g/mol.